The van der Waals surface area contributed by atoms with E-state index >= 15 is 0 Å². The molecule has 0 radical (unpaired) electrons. The molecule has 3 fully saturated rings. The molecule has 0 saturated heterocycles. The Bertz CT molecular complexity index is 761. The van der Waals surface area contributed by atoms with Crippen LogP contribution in [0.25, 0.3) is 0 Å². The maximum absolute atomic E-state index is 12.5. The number of allylic oxidation sites excluding steroid dienone is 4. The molecular formula is C21H26Cl2O4. The molecule has 6 heteroatoms. The Morgan fingerprint density at radius 3 is 2.70 bits per heavy atom. The second-order valence-corrected chi connectivity index (χ2v) is 9.95. The Labute approximate surface area is 169 Å². The first-order valence-corrected chi connectivity index (χ1v) is 10.6. The predicted molar refractivity (Wildman–Crippen MR) is 104 cm³/mol. The van der Waals surface area contributed by atoms with Crippen molar-refractivity contribution in [3.05, 3.63) is 23.8 Å². The van der Waals surface area contributed by atoms with Gasteiger partial charge in [-0.25, -0.2) is 0 Å². The first kappa shape index (κ1) is 19.6. The topological polar surface area (TPSA) is 74.6 Å². The van der Waals surface area contributed by atoms with Gasteiger partial charge in [0, 0.05) is 11.3 Å². The summed E-state index contributed by atoms with van der Waals surface area (Å²) in [5.41, 5.74) is -1.14. The van der Waals surface area contributed by atoms with Gasteiger partial charge in [0.15, 0.2) is 11.6 Å². The number of alkyl halides is 2. The summed E-state index contributed by atoms with van der Waals surface area (Å²) in [5.74, 6) is -1.20. The van der Waals surface area contributed by atoms with Crippen molar-refractivity contribution in [1.29, 1.82) is 0 Å². The number of ketones is 2. The van der Waals surface area contributed by atoms with Crippen molar-refractivity contribution in [2.24, 2.45) is 29.1 Å². The number of hydrogen-bond donors (Lipinski definition) is 2. The maximum Gasteiger partial charge on any atom is 0.179 e. The summed E-state index contributed by atoms with van der Waals surface area (Å²) in [4.78, 5) is 23.4. The molecule has 27 heavy (non-hydrogen) atoms. The molecule has 4 aliphatic carbocycles. The van der Waals surface area contributed by atoms with Crippen LogP contribution in [-0.2, 0) is 9.59 Å². The quantitative estimate of drug-likeness (QED) is 0.683. The smallest absolute Gasteiger partial charge is 0.179 e. The first-order chi connectivity index (χ1) is 12.6. The lowest BCUT2D eigenvalue weighted by molar-refractivity contribution is -0.152. The van der Waals surface area contributed by atoms with Crippen LogP contribution in [-0.4, -0.2) is 44.2 Å². The van der Waals surface area contributed by atoms with Crippen LogP contribution in [0.1, 0.15) is 39.5 Å². The van der Waals surface area contributed by atoms with Gasteiger partial charge in [0.05, 0.1) is 16.9 Å². The molecule has 148 valence electrons. The third kappa shape index (κ3) is 2.30. The van der Waals surface area contributed by atoms with Gasteiger partial charge in [-0.2, -0.15) is 0 Å². The van der Waals surface area contributed by atoms with E-state index in [2.05, 4.69) is 0 Å². The van der Waals surface area contributed by atoms with E-state index in [9.17, 15) is 19.8 Å². The summed E-state index contributed by atoms with van der Waals surface area (Å²) >= 11 is 13.1. The second-order valence-electron chi connectivity index (χ2n) is 9.06. The van der Waals surface area contributed by atoms with Gasteiger partial charge in [-0.1, -0.05) is 25.5 Å². The summed E-state index contributed by atoms with van der Waals surface area (Å²) in [5, 5.41) is 22.5. The fourth-order valence-corrected chi connectivity index (χ4v) is 7.46. The number of Topliss-reactive ketones (excluding diaryl/α,β-unsaturated/α-hetero) is 1. The zero-order valence-corrected chi connectivity index (χ0v) is 17.1. The molecule has 0 unspecified atom stereocenters. The average Bonchev–Trinajstić information content (AvgIpc) is 2.88. The highest BCUT2D eigenvalue weighted by Gasteiger charge is 2.70. The van der Waals surface area contributed by atoms with Crippen LogP contribution >= 0.6 is 23.2 Å². The number of hydrogen-bond acceptors (Lipinski definition) is 4. The van der Waals surface area contributed by atoms with E-state index in [-0.39, 0.29) is 47.5 Å². The molecule has 8 atom stereocenters. The molecule has 3 saturated carbocycles. The van der Waals surface area contributed by atoms with Crippen molar-refractivity contribution < 1.29 is 19.8 Å². The normalized spacial score (nSPS) is 51.3. The van der Waals surface area contributed by atoms with E-state index in [0.717, 1.165) is 18.4 Å². The van der Waals surface area contributed by atoms with E-state index < -0.39 is 22.0 Å². The van der Waals surface area contributed by atoms with E-state index in [1.165, 1.54) is 0 Å². The van der Waals surface area contributed by atoms with Gasteiger partial charge in [-0.15, -0.1) is 23.2 Å². The fourth-order valence-electron chi connectivity index (χ4n) is 6.70. The van der Waals surface area contributed by atoms with Gasteiger partial charge in [-0.3, -0.25) is 9.59 Å². The molecule has 0 aliphatic heterocycles. The second kappa shape index (κ2) is 6.16. The Hall–Kier alpha value is -0.680. The molecule has 4 nitrogen and oxygen atoms in total. The van der Waals surface area contributed by atoms with Crippen LogP contribution in [0.2, 0.25) is 0 Å². The fraction of sp³-hybridized carbons (Fsp3) is 0.714. The molecule has 0 aromatic carbocycles. The van der Waals surface area contributed by atoms with Gasteiger partial charge in [-0.05, 0) is 55.6 Å². The van der Waals surface area contributed by atoms with Crippen molar-refractivity contribution >= 4 is 34.8 Å². The minimum Gasteiger partial charge on any atom is -0.391 e. The first-order valence-electron chi connectivity index (χ1n) is 9.73. The molecular weight excluding hydrogens is 387 g/mol. The van der Waals surface area contributed by atoms with Gasteiger partial charge in [0.1, 0.15) is 5.60 Å². The molecule has 4 aliphatic rings. The molecule has 0 spiro atoms. The summed E-state index contributed by atoms with van der Waals surface area (Å²) in [7, 11) is 0. The highest BCUT2D eigenvalue weighted by molar-refractivity contribution is 6.29. The summed E-state index contributed by atoms with van der Waals surface area (Å²) in [6.07, 6.45) is 6.58. The zero-order chi connectivity index (χ0) is 19.8. The van der Waals surface area contributed by atoms with Gasteiger partial charge < -0.3 is 10.2 Å². The molecule has 0 heterocycles. The third-order valence-corrected chi connectivity index (χ3v) is 9.30. The Kier molecular flexibility index (Phi) is 4.48. The molecule has 4 rings (SSSR count). The molecule has 0 aromatic rings. The van der Waals surface area contributed by atoms with E-state index in [1.54, 1.807) is 12.2 Å². The molecule has 0 aromatic heterocycles. The van der Waals surface area contributed by atoms with E-state index in [1.807, 2.05) is 19.9 Å². The van der Waals surface area contributed by atoms with Crippen LogP contribution in [0, 0.1) is 29.1 Å². The number of halogens is 2. The van der Waals surface area contributed by atoms with Gasteiger partial charge in [0.25, 0.3) is 0 Å². The van der Waals surface area contributed by atoms with Crippen molar-refractivity contribution in [3.63, 3.8) is 0 Å². The predicted octanol–water partition coefficient (Wildman–Crippen LogP) is 3.02. The van der Waals surface area contributed by atoms with Crippen molar-refractivity contribution in [2.75, 3.05) is 5.88 Å². The van der Waals surface area contributed by atoms with Crippen LogP contribution in [0.15, 0.2) is 23.8 Å². The van der Waals surface area contributed by atoms with Crippen molar-refractivity contribution in [1.82, 2.24) is 0 Å². The lowest BCUT2D eigenvalue weighted by Crippen LogP contribution is -2.65. The number of aliphatic hydroxyl groups is 2. The van der Waals surface area contributed by atoms with Crippen molar-refractivity contribution in [2.45, 2.75) is 56.1 Å². The van der Waals surface area contributed by atoms with Gasteiger partial charge >= 0.3 is 0 Å². The van der Waals surface area contributed by atoms with Gasteiger partial charge in [0.2, 0.25) is 0 Å². The zero-order valence-electron chi connectivity index (χ0n) is 15.6. The summed E-state index contributed by atoms with van der Waals surface area (Å²) in [6.45, 7) is 3.89. The summed E-state index contributed by atoms with van der Waals surface area (Å²) < 4.78 is 0. The molecule has 0 bridgehead atoms. The lowest BCUT2D eigenvalue weighted by Gasteiger charge is -2.61. The number of rotatable bonds is 2. The summed E-state index contributed by atoms with van der Waals surface area (Å²) in [6, 6.07) is 0. The Balaban J connectivity index is 1.78. The van der Waals surface area contributed by atoms with Crippen LogP contribution in [0.4, 0.5) is 0 Å². The Morgan fingerprint density at radius 2 is 2.04 bits per heavy atom. The minimum absolute atomic E-state index is 0.0408. The van der Waals surface area contributed by atoms with Crippen molar-refractivity contribution in [3.8, 4) is 0 Å². The Morgan fingerprint density at radius 1 is 1.33 bits per heavy atom. The highest BCUT2D eigenvalue weighted by atomic mass is 35.5. The van der Waals surface area contributed by atoms with Crippen LogP contribution in [0.5, 0.6) is 0 Å². The maximum atomic E-state index is 12.5. The van der Waals surface area contributed by atoms with Crippen LogP contribution in [0.3, 0.4) is 0 Å². The number of aliphatic hydroxyl groups excluding tert-OH is 1. The largest absolute Gasteiger partial charge is 0.391 e. The minimum atomic E-state index is -1.50. The number of carbonyl (C=O) groups excluding carboxylic acids is 2. The standard InChI is InChI=1S/C21H26Cl2O4/c1-11-7-14-15-4-3-12-8-13(24)5-6-19(12,2)21(15,23)17(25)9-16(14)20(11,27)18(26)10-22/h5-6,8,11,14-17,25,27H,3-4,7,9-10H2,1-2H3/t11-,14+,15-,16-,17+,19+,20-,21+/m1/s1. The highest BCUT2D eigenvalue weighted by Crippen LogP contribution is 2.67. The SMILES string of the molecule is C[C@@H]1C[C@@H]2[C@@H](C[C@H](O)[C@@]3(Cl)[C@@H]2CCC2=CC(=O)C=C[C@@]23C)[C@@]1(O)C(=O)CCl. The molecule has 0 amide bonds. The van der Waals surface area contributed by atoms with Crippen LogP contribution < -0.4 is 0 Å². The number of fused-ring (bicyclic) bond motifs is 5. The van der Waals surface area contributed by atoms with E-state index in [0.29, 0.717) is 6.42 Å². The third-order valence-electron chi connectivity index (χ3n) is 8.13. The van der Waals surface area contributed by atoms with E-state index in [4.69, 9.17) is 23.2 Å². The average molecular weight is 413 g/mol. The molecule has 2 N–H and O–H groups in total. The lowest BCUT2D eigenvalue weighted by atomic mass is 9.49. The monoisotopic (exact) mass is 412 g/mol. The number of carbonyl (C=O) groups is 2.